The predicted molar refractivity (Wildman–Crippen MR) is 90.2 cm³/mol. The molecule has 0 aliphatic heterocycles. The minimum Gasteiger partial charge on any atom is -0.489 e. The summed E-state index contributed by atoms with van der Waals surface area (Å²) in [5, 5.41) is 2.69. The quantitative estimate of drug-likeness (QED) is 0.800. The van der Waals surface area contributed by atoms with E-state index in [2.05, 4.69) is 21.9 Å². The number of nitrogens with zero attached hydrogens (tertiary/aromatic N) is 2. The Bertz CT molecular complexity index is 728. The van der Waals surface area contributed by atoms with Gasteiger partial charge in [-0.3, -0.25) is 4.79 Å². The maximum Gasteiger partial charge on any atom is 0.270 e. The summed E-state index contributed by atoms with van der Waals surface area (Å²) in [7, 11) is 0. The number of amides is 1. The summed E-state index contributed by atoms with van der Waals surface area (Å²) in [6, 6.07) is 9.03. The van der Waals surface area contributed by atoms with Crippen molar-refractivity contribution in [2.75, 3.05) is 18.9 Å². The summed E-state index contributed by atoms with van der Waals surface area (Å²) < 4.78 is 5.74. The molecule has 1 amide bonds. The fraction of sp³-hybridized carbons (Fsp3) is 0.235. The molecule has 0 fully saturated rings. The molecule has 2 aromatic rings. The lowest BCUT2D eigenvalue weighted by atomic mass is 10.1. The fourth-order valence-electron chi connectivity index (χ4n) is 1.98. The number of carbonyl (C=O) groups is 1. The smallest absolute Gasteiger partial charge is 0.270 e. The minimum absolute atomic E-state index is 0.0402. The summed E-state index contributed by atoms with van der Waals surface area (Å²) in [6.07, 6.45) is 0. The summed E-state index contributed by atoms with van der Waals surface area (Å²) in [6.45, 7) is 8.46. The molecule has 0 atom stereocenters. The molecule has 120 valence electrons. The van der Waals surface area contributed by atoms with E-state index < -0.39 is 0 Å². The number of nitrogens with two attached hydrogens (primary N) is 1. The lowest BCUT2D eigenvalue weighted by Gasteiger charge is -2.12. The summed E-state index contributed by atoms with van der Waals surface area (Å²) >= 11 is 0. The first-order valence-corrected chi connectivity index (χ1v) is 7.30. The van der Waals surface area contributed by atoms with Gasteiger partial charge in [0.15, 0.2) is 0 Å². The van der Waals surface area contributed by atoms with Crippen LogP contribution in [0.1, 0.15) is 24.3 Å². The number of nitrogens with one attached hydrogen (secondary N) is 1. The van der Waals surface area contributed by atoms with E-state index in [1.165, 1.54) is 0 Å². The first-order chi connectivity index (χ1) is 11.0. The molecule has 0 spiro atoms. The van der Waals surface area contributed by atoms with Crippen molar-refractivity contribution < 1.29 is 9.53 Å². The van der Waals surface area contributed by atoms with E-state index in [-0.39, 0.29) is 17.5 Å². The number of carbonyl (C=O) groups excluding carboxylic acids is 1. The van der Waals surface area contributed by atoms with Gasteiger partial charge in [0.25, 0.3) is 5.91 Å². The number of hydrogen-bond donors (Lipinski definition) is 2. The van der Waals surface area contributed by atoms with Crippen molar-refractivity contribution in [2.24, 2.45) is 0 Å². The molecule has 3 N–H and O–H groups in total. The third-order valence-electron chi connectivity index (χ3n) is 2.95. The molecule has 0 saturated carbocycles. The van der Waals surface area contributed by atoms with Crippen LogP contribution in [0.3, 0.4) is 0 Å². The van der Waals surface area contributed by atoms with Gasteiger partial charge in [0.2, 0.25) is 5.95 Å². The Balaban J connectivity index is 2.42. The fourth-order valence-corrected chi connectivity index (χ4v) is 1.98. The van der Waals surface area contributed by atoms with E-state index in [9.17, 15) is 4.79 Å². The van der Waals surface area contributed by atoms with Crippen LogP contribution >= 0.6 is 0 Å². The molecule has 0 bridgehead atoms. The Morgan fingerprint density at radius 2 is 2.09 bits per heavy atom. The molecule has 0 unspecified atom stereocenters. The Morgan fingerprint density at radius 3 is 2.78 bits per heavy atom. The van der Waals surface area contributed by atoms with E-state index in [1.807, 2.05) is 38.1 Å². The van der Waals surface area contributed by atoms with E-state index in [1.54, 1.807) is 6.07 Å². The van der Waals surface area contributed by atoms with Gasteiger partial charge < -0.3 is 15.8 Å². The van der Waals surface area contributed by atoms with Crippen molar-refractivity contribution in [1.29, 1.82) is 0 Å². The van der Waals surface area contributed by atoms with Gasteiger partial charge in [-0.15, -0.1) is 0 Å². The second kappa shape index (κ2) is 7.40. The molecule has 0 aliphatic rings. The second-order valence-corrected chi connectivity index (χ2v) is 5.10. The van der Waals surface area contributed by atoms with Crippen molar-refractivity contribution >= 4 is 11.9 Å². The molecule has 6 heteroatoms. The van der Waals surface area contributed by atoms with Gasteiger partial charge in [-0.1, -0.05) is 18.7 Å². The zero-order valence-corrected chi connectivity index (χ0v) is 13.3. The Labute approximate surface area is 135 Å². The number of nitrogen functional groups attached to an aromatic ring is 1. The molecule has 23 heavy (non-hydrogen) atoms. The average Bonchev–Trinajstić information content (AvgIpc) is 2.53. The molecule has 0 saturated heterocycles. The zero-order valence-electron chi connectivity index (χ0n) is 13.3. The standard InChI is InChI=1S/C17H20N4O2/c1-4-19-16(22)14-9-13(20-17(18)21-14)12-7-5-6-8-15(12)23-10-11(2)3/h5-9H,2,4,10H2,1,3H3,(H,19,22)(H2,18,20,21). The maximum atomic E-state index is 12.0. The van der Waals surface area contributed by atoms with E-state index >= 15 is 0 Å². The van der Waals surface area contributed by atoms with E-state index in [0.717, 1.165) is 11.1 Å². The van der Waals surface area contributed by atoms with Gasteiger partial charge in [0.1, 0.15) is 18.1 Å². The highest BCUT2D eigenvalue weighted by atomic mass is 16.5. The highest BCUT2D eigenvalue weighted by Gasteiger charge is 2.14. The number of ether oxygens (including phenoxy) is 1. The van der Waals surface area contributed by atoms with Crippen LogP contribution in [0.4, 0.5) is 5.95 Å². The van der Waals surface area contributed by atoms with Crippen LogP contribution in [0.15, 0.2) is 42.5 Å². The van der Waals surface area contributed by atoms with Crippen LogP contribution in [-0.2, 0) is 0 Å². The maximum absolute atomic E-state index is 12.0. The Hall–Kier alpha value is -2.89. The third kappa shape index (κ3) is 4.29. The first-order valence-electron chi connectivity index (χ1n) is 7.30. The number of rotatable bonds is 6. The number of benzene rings is 1. The lowest BCUT2D eigenvalue weighted by Crippen LogP contribution is -2.24. The number of hydrogen-bond acceptors (Lipinski definition) is 5. The molecule has 1 aromatic carbocycles. The van der Waals surface area contributed by atoms with Crippen LogP contribution in [-0.4, -0.2) is 29.0 Å². The molecule has 6 nitrogen and oxygen atoms in total. The van der Waals surface area contributed by atoms with Crippen molar-refractivity contribution in [3.63, 3.8) is 0 Å². The Morgan fingerprint density at radius 1 is 1.35 bits per heavy atom. The van der Waals surface area contributed by atoms with Gasteiger partial charge in [-0.25, -0.2) is 9.97 Å². The number of para-hydroxylation sites is 1. The number of aromatic nitrogens is 2. The lowest BCUT2D eigenvalue weighted by molar-refractivity contribution is 0.0951. The van der Waals surface area contributed by atoms with Crippen LogP contribution in [0.25, 0.3) is 11.3 Å². The van der Waals surface area contributed by atoms with Gasteiger partial charge in [-0.2, -0.15) is 0 Å². The molecule has 1 heterocycles. The molecule has 2 rings (SSSR count). The van der Waals surface area contributed by atoms with Crippen molar-refractivity contribution in [1.82, 2.24) is 15.3 Å². The van der Waals surface area contributed by atoms with Crippen LogP contribution in [0.2, 0.25) is 0 Å². The van der Waals surface area contributed by atoms with Crippen molar-refractivity contribution in [2.45, 2.75) is 13.8 Å². The molecular weight excluding hydrogens is 292 g/mol. The van der Waals surface area contributed by atoms with Crippen LogP contribution in [0, 0.1) is 0 Å². The summed E-state index contributed by atoms with van der Waals surface area (Å²) in [5.74, 6) is 0.400. The summed E-state index contributed by atoms with van der Waals surface area (Å²) in [5.41, 5.74) is 8.16. The normalized spacial score (nSPS) is 10.2. The topological polar surface area (TPSA) is 90.1 Å². The SMILES string of the molecule is C=C(C)COc1ccccc1-c1cc(C(=O)NCC)nc(N)n1. The van der Waals surface area contributed by atoms with Gasteiger partial charge >= 0.3 is 0 Å². The van der Waals surface area contributed by atoms with E-state index in [4.69, 9.17) is 10.5 Å². The van der Waals surface area contributed by atoms with Crippen LogP contribution in [0.5, 0.6) is 5.75 Å². The molecular formula is C17H20N4O2. The molecule has 0 radical (unpaired) electrons. The van der Waals surface area contributed by atoms with Gasteiger partial charge in [0, 0.05) is 12.1 Å². The zero-order chi connectivity index (χ0) is 16.8. The molecule has 1 aromatic heterocycles. The Kier molecular flexibility index (Phi) is 5.30. The third-order valence-corrected chi connectivity index (χ3v) is 2.95. The highest BCUT2D eigenvalue weighted by Crippen LogP contribution is 2.29. The van der Waals surface area contributed by atoms with Crippen molar-refractivity contribution in [3.8, 4) is 17.0 Å². The van der Waals surface area contributed by atoms with Gasteiger partial charge in [0.05, 0.1) is 5.69 Å². The largest absolute Gasteiger partial charge is 0.489 e. The van der Waals surface area contributed by atoms with Crippen molar-refractivity contribution in [3.05, 3.63) is 48.2 Å². The highest BCUT2D eigenvalue weighted by molar-refractivity contribution is 5.93. The predicted octanol–water partition coefficient (Wildman–Crippen LogP) is 2.43. The molecule has 0 aliphatic carbocycles. The average molecular weight is 312 g/mol. The minimum atomic E-state index is -0.289. The van der Waals surface area contributed by atoms with E-state index in [0.29, 0.717) is 24.6 Å². The first kappa shape index (κ1) is 16.5. The van der Waals surface area contributed by atoms with Gasteiger partial charge in [-0.05, 0) is 37.6 Å². The summed E-state index contributed by atoms with van der Waals surface area (Å²) in [4.78, 5) is 20.2. The van der Waals surface area contributed by atoms with Crippen LogP contribution < -0.4 is 15.8 Å². The second-order valence-electron chi connectivity index (χ2n) is 5.10. The monoisotopic (exact) mass is 312 g/mol. The number of anilines is 1.